The summed E-state index contributed by atoms with van der Waals surface area (Å²) in [6.07, 6.45) is 5.24. The van der Waals surface area contributed by atoms with Gasteiger partial charge in [0.05, 0.1) is 10.7 Å². The van der Waals surface area contributed by atoms with Crippen LogP contribution in [0, 0.1) is 0 Å². The first kappa shape index (κ1) is 15.7. The normalized spacial score (nSPS) is 17.1. The molecule has 1 heterocycles. The minimum atomic E-state index is 0.123. The van der Waals surface area contributed by atoms with E-state index in [1.165, 1.54) is 36.9 Å². The molecule has 0 amide bonds. The Morgan fingerprint density at radius 3 is 2.35 bits per heavy atom. The standard InChI is InChI=1S/C17H27ClN2/c1-17(2,3)19-13-14-9-8-10-15(18)16(14)20-11-6-4-5-7-12-20/h8-10,19H,4-7,11-13H2,1-3H3. The van der Waals surface area contributed by atoms with E-state index in [4.69, 9.17) is 11.6 Å². The Labute approximate surface area is 128 Å². The lowest BCUT2D eigenvalue weighted by Gasteiger charge is -2.28. The van der Waals surface area contributed by atoms with Crippen LogP contribution >= 0.6 is 11.6 Å². The fourth-order valence-electron chi connectivity index (χ4n) is 2.71. The van der Waals surface area contributed by atoms with Gasteiger partial charge in [-0.05, 0) is 45.2 Å². The number of hydrogen-bond donors (Lipinski definition) is 1. The fourth-order valence-corrected chi connectivity index (χ4v) is 3.03. The highest BCUT2D eigenvalue weighted by Crippen LogP contribution is 2.32. The molecule has 1 saturated heterocycles. The topological polar surface area (TPSA) is 15.3 Å². The molecule has 2 rings (SSSR count). The Bertz CT molecular complexity index is 429. The SMILES string of the molecule is CC(C)(C)NCc1cccc(Cl)c1N1CCCCCC1. The quantitative estimate of drug-likeness (QED) is 0.876. The van der Waals surface area contributed by atoms with Gasteiger partial charge in [0.15, 0.2) is 0 Å². The Balaban J connectivity index is 2.21. The second-order valence-corrected chi connectivity index (χ2v) is 7.16. The molecule has 2 nitrogen and oxygen atoms in total. The second kappa shape index (κ2) is 6.82. The van der Waals surface area contributed by atoms with E-state index < -0.39 is 0 Å². The van der Waals surface area contributed by atoms with Gasteiger partial charge in [-0.3, -0.25) is 0 Å². The van der Waals surface area contributed by atoms with E-state index in [9.17, 15) is 0 Å². The van der Waals surface area contributed by atoms with Crippen LogP contribution in [-0.4, -0.2) is 18.6 Å². The summed E-state index contributed by atoms with van der Waals surface area (Å²) in [5, 5.41) is 4.46. The van der Waals surface area contributed by atoms with Gasteiger partial charge in [-0.25, -0.2) is 0 Å². The van der Waals surface area contributed by atoms with Crippen molar-refractivity contribution in [3.05, 3.63) is 28.8 Å². The molecule has 0 radical (unpaired) electrons. The maximum Gasteiger partial charge on any atom is 0.0642 e. The number of nitrogens with zero attached hydrogens (tertiary/aromatic N) is 1. The average molecular weight is 295 g/mol. The molecule has 0 saturated carbocycles. The molecule has 112 valence electrons. The first-order valence-electron chi connectivity index (χ1n) is 7.75. The third-order valence-electron chi connectivity index (χ3n) is 3.80. The Hall–Kier alpha value is -0.730. The Morgan fingerprint density at radius 1 is 1.10 bits per heavy atom. The van der Waals surface area contributed by atoms with Crippen molar-refractivity contribution in [2.24, 2.45) is 0 Å². The predicted molar refractivity (Wildman–Crippen MR) is 88.7 cm³/mol. The van der Waals surface area contributed by atoms with Crippen LogP contribution < -0.4 is 10.2 Å². The third-order valence-corrected chi connectivity index (χ3v) is 4.11. The maximum absolute atomic E-state index is 6.50. The molecule has 1 fully saturated rings. The van der Waals surface area contributed by atoms with Crippen LogP contribution in [0.3, 0.4) is 0 Å². The number of para-hydroxylation sites is 1. The van der Waals surface area contributed by atoms with Gasteiger partial charge in [-0.15, -0.1) is 0 Å². The zero-order valence-corrected chi connectivity index (χ0v) is 13.8. The van der Waals surface area contributed by atoms with Crippen molar-refractivity contribution in [1.29, 1.82) is 0 Å². The molecule has 1 aliphatic heterocycles. The minimum Gasteiger partial charge on any atom is -0.370 e. The highest BCUT2D eigenvalue weighted by Gasteiger charge is 2.18. The molecule has 1 N–H and O–H groups in total. The molecule has 1 aliphatic rings. The highest BCUT2D eigenvalue weighted by molar-refractivity contribution is 6.33. The van der Waals surface area contributed by atoms with Gasteiger partial charge < -0.3 is 10.2 Å². The summed E-state index contributed by atoms with van der Waals surface area (Å²) in [5.41, 5.74) is 2.68. The largest absolute Gasteiger partial charge is 0.370 e. The van der Waals surface area contributed by atoms with Gasteiger partial charge >= 0.3 is 0 Å². The van der Waals surface area contributed by atoms with Crippen molar-refractivity contribution in [2.45, 2.75) is 58.5 Å². The van der Waals surface area contributed by atoms with Crippen molar-refractivity contribution < 1.29 is 0 Å². The summed E-state index contributed by atoms with van der Waals surface area (Å²) >= 11 is 6.50. The molecule has 1 aromatic rings. The maximum atomic E-state index is 6.50. The van der Waals surface area contributed by atoms with Gasteiger partial charge in [0.1, 0.15) is 0 Å². The smallest absolute Gasteiger partial charge is 0.0642 e. The first-order chi connectivity index (χ1) is 9.47. The fraction of sp³-hybridized carbons (Fsp3) is 0.647. The Morgan fingerprint density at radius 2 is 1.75 bits per heavy atom. The molecule has 0 aliphatic carbocycles. The van der Waals surface area contributed by atoms with Crippen LogP contribution in [0.15, 0.2) is 18.2 Å². The lowest BCUT2D eigenvalue weighted by atomic mass is 10.1. The van der Waals surface area contributed by atoms with Crippen LogP contribution in [0.4, 0.5) is 5.69 Å². The summed E-state index contributed by atoms with van der Waals surface area (Å²) < 4.78 is 0. The van der Waals surface area contributed by atoms with Crippen LogP contribution in [-0.2, 0) is 6.54 Å². The van der Waals surface area contributed by atoms with Crippen molar-refractivity contribution in [1.82, 2.24) is 5.32 Å². The van der Waals surface area contributed by atoms with Crippen LogP contribution in [0.25, 0.3) is 0 Å². The highest BCUT2D eigenvalue weighted by atomic mass is 35.5. The van der Waals surface area contributed by atoms with Crippen LogP contribution in [0.1, 0.15) is 52.0 Å². The predicted octanol–water partition coefficient (Wildman–Crippen LogP) is 4.61. The average Bonchev–Trinajstić information content (AvgIpc) is 2.64. The van der Waals surface area contributed by atoms with Gasteiger partial charge in [0.2, 0.25) is 0 Å². The summed E-state index contributed by atoms with van der Waals surface area (Å²) in [4.78, 5) is 2.48. The summed E-state index contributed by atoms with van der Waals surface area (Å²) in [6, 6.07) is 6.27. The van der Waals surface area contributed by atoms with Crippen molar-refractivity contribution in [2.75, 3.05) is 18.0 Å². The summed E-state index contributed by atoms with van der Waals surface area (Å²) in [6.45, 7) is 9.73. The zero-order chi connectivity index (χ0) is 14.6. The number of hydrogen-bond acceptors (Lipinski definition) is 2. The first-order valence-corrected chi connectivity index (χ1v) is 8.12. The number of rotatable bonds is 3. The molecule has 0 bridgehead atoms. The number of nitrogens with one attached hydrogen (secondary N) is 1. The van der Waals surface area contributed by atoms with E-state index in [-0.39, 0.29) is 5.54 Å². The number of benzene rings is 1. The van der Waals surface area contributed by atoms with E-state index in [0.29, 0.717) is 0 Å². The molecule has 0 unspecified atom stereocenters. The van der Waals surface area contributed by atoms with Crippen molar-refractivity contribution in [3.8, 4) is 0 Å². The van der Waals surface area contributed by atoms with Crippen molar-refractivity contribution in [3.63, 3.8) is 0 Å². The van der Waals surface area contributed by atoms with Crippen LogP contribution in [0.2, 0.25) is 5.02 Å². The Kier molecular flexibility index (Phi) is 5.34. The molecular weight excluding hydrogens is 268 g/mol. The van der Waals surface area contributed by atoms with E-state index >= 15 is 0 Å². The second-order valence-electron chi connectivity index (χ2n) is 6.75. The molecule has 0 aromatic heterocycles. The molecule has 20 heavy (non-hydrogen) atoms. The molecule has 0 spiro atoms. The number of halogens is 1. The molecule has 1 aromatic carbocycles. The third kappa shape index (κ3) is 4.39. The molecule has 0 atom stereocenters. The molecule has 3 heteroatoms. The number of anilines is 1. The van der Waals surface area contributed by atoms with E-state index in [1.54, 1.807) is 0 Å². The lowest BCUT2D eigenvalue weighted by molar-refractivity contribution is 0.424. The van der Waals surface area contributed by atoms with Gasteiger partial charge in [0, 0.05) is 25.2 Å². The van der Waals surface area contributed by atoms with E-state index in [0.717, 1.165) is 24.7 Å². The van der Waals surface area contributed by atoms with Gasteiger partial charge in [0.25, 0.3) is 0 Å². The van der Waals surface area contributed by atoms with E-state index in [2.05, 4.69) is 43.1 Å². The monoisotopic (exact) mass is 294 g/mol. The van der Waals surface area contributed by atoms with Gasteiger partial charge in [-0.1, -0.05) is 36.6 Å². The lowest BCUT2D eigenvalue weighted by Crippen LogP contribution is -2.36. The van der Waals surface area contributed by atoms with Crippen molar-refractivity contribution >= 4 is 17.3 Å². The summed E-state index contributed by atoms with van der Waals surface area (Å²) in [7, 11) is 0. The zero-order valence-electron chi connectivity index (χ0n) is 13.0. The van der Waals surface area contributed by atoms with E-state index in [1.807, 2.05) is 6.07 Å². The van der Waals surface area contributed by atoms with Crippen LogP contribution in [0.5, 0.6) is 0 Å². The van der Waals surface area contributed by atoms with Gasteiger partial charge in [-0.2, -0.15) is 0 Å². The molecular formula is C17H27ClN2. The minimum absolute atomic E-state index is 0.123. The summed E-state index contributed by atoms with van der Waals surface area (Å²) in [5.74, 6) is 0.